The van der Waals surface area contributed by atoms with Crippen LogP contribution in [0.2, 0.25) is 0 Å². The lowest BCUT2D eigenvalue weighted by Crippen LogP contribution is -2.57. The molecule has 0 aromatic heterocycles. The molecule has 1 saturated heterocycles. The molecule has 15 heavy (non-hydrogen) atoms. The quantitative estimate of drug-likeness (QED) is 0.589. The van der Waals surface area contributed by atoms with E-state index in [9.17, 15) is 4.79 Å². The fourth-order valence-corrected chi connectivity index (χ4v) is 3.13. The monoisotopic (exact) mass is 202 g/mol. The van der Waals surface area contributed by atoms with Gasteiger partial charge in [0.2, 0.25) is 0 Å². The molecule has 1 aromatic rings. The first-order valence-corrected chi connectivity index (χ1v) is 5.69. The second kappa shape index (κ2) is 2.92. The predicted octanol–water partition coefficient (Wildman–Crippen LogP) is 2.16. The molecule has 0 radical (unpaired) electrons. The first-order chi connectivity index (χ1) is 7.21. The number of hydrogen-bond acceptors (Lipinski definition) is 1. The van der Waals surface area contributed by atoms with Gasteiger partial charge in [-0.25, -0.2) is 4.79 Å². The maximum atomic E-state index is 12.3. The number of hydrogen-bond donors (Lipinski definition) is 0. The van der Waals surface area contributed by atoms with Crippen LogP contribution in [0.5, 0.6) is 0 Å². The zero-order chi connectivity index (χ0) is 10.5. The summed E-state index contributed by atoms with van der Waals surface area (Å²) in [4.78, 5) is 12.3. The highest BCUT2D eigenvalue weighted by Gasteiger charge is 2.45. The van der Waals surface area contributed by atoms with Gasteiger partial charge in [0.15, 0.2) is 0 Å². The van der Waals surface area contributed by atoms with Crippen LogP contribution in [0.15, 0.2) is 24.3 Å². The van der Waals surface area contributed by atoms with Crippen LogP contribution in [0.25, 0.3) is 0 Å². The molecular weight excluding hydrogens is 186 g/mol. The van der Waals surface area contributed by atoms with Gasteiger partial charge in [0.1, 0.15) is 0 Å². The van der Waals surface area contributed by atoms with E-state index < -0.39 is 0 Å². The number of likely N-dealkylation sites (N-methyl/N-ethyl adjacent to an activating group) is 1. The molecule has 78 valence electrons. The molecule has 3 rings (SSSR count). The lowest BCUT2D eigenvalue weighted by atomic mass is 9.82. The lowest BCUT2D eigenvalue weighted by Gasteiger charge is -2.43. The number of fused-ring (bicyclic) bond motifs is 4. The smallest absolute Gasteiger partial charge is 0.258 e. The molecule has 2 heterocycles. The second-order valence-electron chi connectivity index (χ2n) is 5.03. The van der Waals surface area contributed by atoms with Gasteiger partial charge in [0, 0.05) is 5.92 Å². The van der Waals surface area contributed by atoms with Crippen molar-refractivity contribution in [1.29, 1.82) is 0 Å². The second-order valence-corrected chi connectivity index (χ2v) is 5.03. The third-order valence-electron chi connectivity index (χ3n) is 3.95. The normalized spacial score (nSPS) is 33.7. The topological polar surface area (TPSA) is 17.1 Å². The fraction of sp³-hybridized carbons (Fsp3) is 0.462. The van der Waals surface area contributed by atoms with E-state index in [4.69, 9.17) is 0 Å². The molecule has 2 aliphatic heterocycles. The minimum Gasteiger partial charge on any atom is -0.258 e. The summed E-state index contributed by atoms with van der Waals surface area (Å²) >= 11 is 0. The van der Waals surface area contributed by atoms with Crippen molar-refractivity contribution < 1.29 is 9.28 Å². The van der Waals surface area contributed by atoms with Gasteiger partial charge in [0.05, 0.1) is 25.7 Å². The van der Waals surface area contributed by atoms with E-state index in [1.54, 1.807) is 0 Å². The van der Waals surface area contributed by atoms with Crippen molar-refractivity contribution >= 4 is 5.91 Å². The van der Waals surface area contributed by atoms with Crippen LogP contribution in [-0.4, -0.2) is 30.5 Å². The number of carbonyl (C=O) groups excluding carboxylic acids is 1. The Morgan fingerprint density at radius 2 is 2.13 bits per heavy atom. The Labute approximate surface area is 90.1 Å². The minimum atomic E-state index is 0.321. The molecule has 0 N–H and O–H groups in total. The van der Waals surface area contributed by atoms with Gasteiger partial charge in [0.25, 0.3) is 0 Å². The third kappa shape index (κ3) is 1.18. The SMILES string of the molecule is C[N+]12CCCC(C1)c1ccccc1C2=O. The highest BCUT2D eigenvalue weighted by Crippen LogP contribution is 2.38. The van der Waals surface area contributed by atoms with Gasteiger partial charge < -0.3 is 0 Å². The number of benzene rings is 1. The summed E-state index contributed by atoms with van der Waals surface area (Å²) in [6.07, 6.45) is 2.43. The molecule has 2 atom stereocenters. The predicted molar refractivity (Wildman–Crippen MR) is 58.7 cm³/mol. The third-order valence-corrected chi connectivity index (χ3v) is 3.95. The molecule has 1 aromatic carbocycles. The van der Waals surface area contributed by atoms with Crippen LogP contribution in [0.4, 0.5) is 0 Å². The van der Waals surface area contributed by atoms with Crippen molar-refractivity contribution in [2.24, 2.45) is 0 Å². The molecule has 2 bridgehead atoms. The van der Waals surface area contributed by atoms with Crippen LogP contribution in [0.3, 0.4) is 0 Å². The lowest BCUT2D eigenvalue weighted by molar-refractivity contribution is -0.837. The maximum absolute atomic E-state index is 12.3. The van der Waals surface area contributed by atoms with E-state index in [0.717, 1.165) is 18.7 Å². The van der Waals surface area contributed by atoms with Crippen molar-refractivity contribution in [2.45, 2.75) is 18.8 Å². The van der Waals surface area contributed by atoms with Gasteiger partial charge in [-0.1, -0.05) is 18.2 Å². The molecule has 0 aliphatic carbocycles. The number of quaternary nitrogens is 1. The Hall–Kier alpha value is -1.15. The van der Waals surface area contributed by atoms with Crippen molar-refractivity contribution in [3.8, 4) is 0 Å². The fourth-order valence-electron chi connectivity index (χ4n) is 3.13. The first-order valence-electron chi connectivity index (χ1n) is 5.69. The summed E-state index contributed by atoms with van der Waals surface area (Å²) in [5, 5.41) is 0. The number of rotatable bonds is 0. The van der Waals surface area contributed by atoms with E-state index in [2.05, 4.69) is 19.2 Å². The highest BCUT2D eigenvalue weighted by atomic mass is 16.2. The Morgan fingerprint density at radius 1 is 1.33 bits per heavy atom. The van der Waals surface area contributed by atoms with Crippen LogP contribution in [0, 0.1) is 0 Å². The molecule has 2 unspecified atom stereocenters. The van der Waals surface area contributed by atoms with Gasteiger partial charge in [-0.05, 0) is 24.5 Å². The Kier molecular flexibility index (Phi) is 1.77. The van der Waals surface area contributed by atoms with Gasteiger partial charge in [-0.2, -0.15) is 0 Å². The minimum absolute atomic E-state index is 0.321. The number of amides is 1. The molecule has 0 saturated carbocycles. The molecule has 2 aliphatic rings. The molecule has 1 amide bonds. The van der Waals surface area contributed by atoms with E-state index >= 15 is 0 Å². The number of nitrogens with zero attached hydrogens (tertiary/aromatic N) is 1. The average Bonchev–Trinajstić information content (AvgIpc) is 2.27. The number of piperidine rings is 1. The van der Waals surface area contributed by atoms with Gasteiger partial charge >= 0.3 is 5.91 Å². The molecule has 2 nitrogen and oxygen atoms in total. The highest BCUT2D eigenvalue weighted by molar-refractivity contribution is 5.92. The largest absolute Gasteiger partial charge is 0.346 e. The van der Waals surface area contributed by atoms with Gasteiger partial charge in [-0.15, -0.1) is 0 Å². The van der Waals surface area contributed by atoms with Crippen molar-refractivity contribution in [3.05, 3.63) is 35.4 Å². The number of carbonyl (C=O) groups is 1. The Morgan fingerprint density at radius 3 is 3.00 bits per heavy atom. The molecule has 0 spiro atoms. The molecular formula is C13H16NO+. The van der Waals surface area contributed by atoms with Crippen LogP contribution >= 0.6 is 0 Å². The zero-order valence-corrected chi connectivity index (χ0v) is 9.07. The van der Waals surface area contributed by atoms with Crippen molar-refractivity contribution in [3.63, 3.8) is 0 Å². The summed E-state index contributed by atoms with van der Waals surface area (Å²) in [6.45, 7) is 2.03. The van der Waals surface area contributed by atoms with Crippen molar-refractivity contribution in [2.75, 3.05) is 20.1 Å². The van der Waals surface area contributed by atoms with E-state index in [0.29, 0.717) is 16.3 Å². The van der Waals surface area contributed by atoms with Crippen LogP contribution < -0.4 is 0 Å². The summed E-state index contributed by atoms with van der Waals surface area (Å²) < 4.78 is 0.627. The Bertz CT molecular complexity index is 426. The maximum Gasteiger partial charge on any atom is 0.346 e. The first kappa shape index (κ1) is 9.10. The average molecular weight is 202 g/mol. The summed E-state index contributed by atoms with van der Waals surface area (Å²) in [6, 6.07) is 8.15. The molecule has 1 fully saturated rings. The zero-order valence-electron chi connectivity index (χ0n) is 9.07. The Balaban J connectivity index is 2.19. The van der Waals surface area contributed by atoms with Crippen LogP contribution in [-0.2, 0) is 0 Å². The summed E-state index contributed by atoms with van der Waals surface area (Å²) in [5.74, 6) is 0.930. The standard InChI is InChI=1S/C13H16NO/c1-14-8-4-5-10(9-14)11-6-2-3-7-12(11)13(14)15/h2-3,6-7,10H,4-5,8-9H2,1H3/q+1. The van der Waals surface area contributed by atoms with E-state index in [-0.39, 0.29) is 0 Å². The van der Waals surface area contributed by atoms with Gasteiger partial charge in [-0.3, -0.25) is 4.48 Å². The van der Waals surface area contributed by atoms with Crippen molar-refractivity contribution in [1.82, 2.24) is 0 Å². The van der Waals surface area contributed by atoms with E-state index in [1.165, 1.54) is 18.4 Å². The molecule has 2 heteroatoms. The summed E-state index contributed by atoms with van der Waals surface area (Å²) in [5.41, 5.74) is 2.26. The van der Waals surface area contributed by atoms with Crippen LogP contribution in [0.1, 0.15) is 34.7 Å². The summed E-state index contributed by atoms with van der Waals surface area (Å²) in [7, 11) is 2.09. The van der Waals surface area contributed by atoms with E-state index in [1.807, 2.05) is 12.1 Å².